The van der Waals surface area contributed by atoms with Crippen molar-refractivity contribution in [3.8, 4) is 22.5 Å². The lowest BCUT2D eigenvalue weighted by atomic mass is 10.1. The molecule has 1 N–H and O–H groups in total. The molecule has 0 bridgehead atoms. The first-order valence-electron chi connectivity index (χ1n) is 10.2. The first kappa shape index (κ1) is 20.8. The Balaban J connectivity index is 1.38. The lowest BCUT2D eigenvalue weighted by molar-refractivity contribution is -0.119. The Morgan fingerprint density at radius 1 is 1.06 bits per heavy atom. The van der Waals surface area contributed by atoms with Crippen LogP contribution in [0.1, 0.15) is 13.0 Å². The number of carbonyl (C=O) groups is 1. The molecule has 5 rings (SSSR count). The summed E-state index contributed by atoms with van der Waals surface area (Å²) in [6.07, 6.45) is 3.87. The number of imidazole rings is 1. The maximum absolute atomic E-state index is 13.2. The average molecular weight is 460 g/mol. The van der Waals surface area contributed by atoms with Gasteiger partial charge in [-0.1, -0.05) is 12.1 Å². The van der Waals surface area contributed by atoms with Crippen LogP contribution in [0.5, 0.6) is 0 Å². The Hall–Kier alpha value is -4.11. The number of anilines is 1. The van der Waals surface area contributed by atoms with Gasteiger partial charge in [-0.25, -0.2) is 14.1 Å². The highest BCUT2D eigenvalue weighted by atomic mass is 32.1. The van der Waals surface area contributed by atoms with Gasteiger partial charge in [0, 0.05) is 40.7 Å². The summed E-state index contributed by atoms with van der Waals surface area (Å²) < 4.78 is 16.3. The summed E-state index contributed by atoms with van der Waals surface area (Å²) in [5, 5.41) is 9.14. The van der Waals surface area contributed by atoms with Crippen molar-refractivity contribution in [2.24, 2.45) is 0 Å². The molecule has 9 heteroatoms. The van der Waals surface area contributed by atoms with Crippen LogP contribution in [-0.4, -0.2) is 25.1 Å². The zero-order valence-electron chi connectivity index (χ0n) is 17.5. The van der Waals surface area contributed by atoms with Crippen molar-refractivity contribution in [1.29, 1.82) is 0 Å². The van der Waals surface area contributed by atoms with Gasteiger partial charge in [0.05, 0.1) is 11.4 Å². The van der Waals surface area contributed by atoms with Crippen LogP contribution in [0.25, 0.3) is 27.5 Å². The monoisotopic (exact) mass is 459 g/mol. The number of halogens is 1. The minimum Gasteiger partial charge on any atom is -0.324 e. The first-order chi connectivity index (χ1) is 16.0. The molecule has 3 heterocycles. The van der Waals surface area contributed by atoms with Crippen molar-refractivity contribution in [1.82, 2.24) is 19.2 Å². The van der Waals surface area contributed by atoms with E-state index < -0.39 is 11.6 Å². The quantitative estimate of drug-likeness (QED) is 0.416. The van der Waals surface area contributed by atoms with Crippen molar-refractivity contribution >= 4 is 27.9 Å². The zero-order valence-corrected chi connectivity index (χ0v) is 18.3. The largest absolute Gasteiger partial charge is 0.324 e. The number of benzene rings is 2. The highest BCUT2D eigenvalue weighted by Gasteiger charge is 2.19. The van der Waals surface area contributed by atoms with Gasteiger partial charge < -0.3 is 5.32 Å². The van der Waals surface area contributed by atoms with E-state index in [1.165, 1.54) is 18.2 Å². The highest BCUT2D eigenvalue weighted by Crippen LogP contribution is 2.24. The summed E-state index contributed by atoms with van der Waals surface area (Å²) in [4.78, 5) is 30.8. The standard InChI is InChI=1S/C24H18FN5O2S/c1-15(30-22(31)10-9-20(28-30)16-5-7-18(25)8-6-16)23(32)26-19-4-2-3-17(13-19)21-14-29-11-12-33-24(29)27-21/h2-15H,1H3,(H,26,32). The SMILES string of the molecule is CC(C(=O)Nc1cccc(-c2cn3ccsc3n2)c1)n1nc(-c2ccc(F)cc2)ccc1=O. The van der Waals surface area contributed by atoms with Crippen LogP contribution in [0.2, 0.25) is 0 Å². The van der Waals surface area contributed by atoms with Gasteiger partial charge in [0.2, 0.25) is 5.91 Å². The van der Waals surface area contributed by atoms with Gasteiger partial charge in [-0.15, -0.1) is 11.3 Å². The Kier molecular flexibility index (Phi) is 5.31. The van der Waals surface area contributed by atoms with Crippen LogP contribution in [0.3, 0.4) is 0 Å². The van der Waals surface area contributed by atoms with E-state index in [9.17, 15) is 14.0 Å². The Bertz CT molecular complexity index is 1490. The molecule has 0 aliphatic rings. The Morgan fingerprint density at radius 2 is 1.88 bits per heavy atom. The van der Waals surface area contributed by atoms with E-state index in [4.69, 9.17) is 0 Å². The predicted octanol–water partition coefficient (Wildman–Crippen LogP) is 4.63. The number of nitrogens with one attached hydrogen (secondary N) is 1. The fourth-order valence-electron chi connectivity index (χ4n) is 3.46. The van der Waals surface area contributed by atoms with E-state index in [1.807, 2.05) is 40.4 Å². The number of nitrogens with zero attached hydrogens (tertiary/aromatic N) is 4. The van der Waals surface area contributed by atoms with Crippen LogP contribution in [0.15, 0.2) is 83.2 Å². The summed E-state index contributed by atoms with van der Waals surface area (Å²) in [6.45, 7) is 1.60. The van der Waals surface area contributed by atoms with Gasteiger partial charge in [0.1, 0.15) is 11.9 Å². The first-order valence-corrected chi connectivity index (χ1v) is 11.1. The molecule has 7 nitrogen and oxygen atoms in total. The molecule has 5 aromatic rings. The predicted molar refractivity (Wildman–Crippen MR) is 126 cm³/mol. The van der Waals surface area contributed by atoms with Gasteiger partial charge in [0.25, 0.3) is 5.56 Å². The molecule has 1 atom stereocenters. The highest BCUT2D eigenvalue weighted by molar-refractivity contribution is 7.15. The van der Waals surface area contributed by atoms with E-state index in [0.29, 0.717) is 16.9 Å². The smallest absolute Gasteiger partial charge is 0.267 e. The Labute approximate surface area is 191 Å². The van der Waals surface area contributed by atoms with Crippen LogP contribution in [-0.2, 0) is 4.79 Å². The van der Waals surface area contributed by atoms with Crippen molar-refractivity contribution in [2.75, 3.05) is 5.32 Å². The molecule has 0 fully saturated rings. The number of carbonyl (C=O) groups excluding carboxylic acids is 1. The summed E-state index contributed by atoms with van der Waals surface area (Å²) in [5.41, 5.74) is 2.96. The third-order valence-corrected chi connectivity index (χ3v) is 6.00. The van der Waals surface area contributed by atoms with Crippen molar-refractivity contribution in [2.45, 2.75) is 13.0 Å². The molecule has 0 radical (unpaired) electrons. The number of hydrogen-bond acceptors (Lipinski definition) is 5. The van der Waals surface area contributed by atoms with Gasteiger partial charge in [-0.2, -0.15) is 5.10 Å². The minimum atomic E-state index is -0.862. The number of aromatic nitrogens is 4. The van der Waals surface area contributed by atoms with E-state index in [0.717, 1.165) is 20.9 Å². The second-order valence-electron chi connectivity index (χ2n) is 7.47. The van der Waals surface area contributed by atoms with Crippen molar-refractivity contribution in [3.05, 3.63) is 94.6 Å². The fourth-order valence-corrected chi connectivity index (χ4v) is 4.16. The number of amides is 1. The zero-order chi connectivity index (χ0) is 22.9. The number of thiazole rings is 1. The molecule has 164 valence electrons. The fraction of sp³-hybridized carbons (Fsp3) is 0.0833. The molecule has 1 amide bonds. The van der Waals surface area contributed by atoms with Gasteiger partial charge in [0.15, 0.2) is 4.96 Å². The Morgan fingerprint density at radius 3 is 2.67 bits per heavy atom. The number of rotatable bonds is 5. The van der Waals surface area contributed by atoms with Gasteiger partial charge in [-0.05, 0) is 49.4 Å². The topological polar surface area (TPSA) is 81.3 Å². The van der Waals surface area contributed by atoms with E-state index >= 15 is 0 Å². The molecule has 1 unspecified atom stereocenters. The van der Waals surface area contributed by atoms with E-state index in [2.05, 4.69) is 15.4 Å². The van der Waals surface area contributed by atoms with Gasteiger partial charge in [-0.3, -0.25) is 14.0 Å². The summed E-state index contributed by atoms with van der Waals surface area (Å²) in [7, 11) is 0. The van der Waals surface area contributed by atoms with Crippen LogP contribution in [0.4, 0.5) is 10.1 Å². The van der Waals surface area contributed by atoms with Crippen LogP contribution < -0.4 is 10.9 Å². The average Bonchev–Trinajstić information content (AvgIpc) is 3.42. The maximum atomic E-state index is 13.2. The minimum absolute atomic E-state index is 0.363. The van der Waals surface area contributed by atoms with Crippen LogP contribution in [0, 0.1) is 5.82 Å². The molecule has 0 saturated carbocycles. The molecule has 0 aliphatic carbocycles. The lowest BCUT2D eigenvalue weighted by Crippen LogP contribution is -2.33. The van der Waals surface area contributed by atoms with Crippen LogP contribution >= 0.6 is 11.3 Å². The van der Waals surface area contributed by atoms with Crippen molar-refractivity contribution < 1.29 is 9.18 Å². The molecule has 0 saturated heterocycles. The number of fused-ring (bicyclic) bond motifs is 1. The summed E-state index contributed by atoms with van der Waals surface area (Å²) >= 11 is 1.54. The second-order valence-corrected chi connectivity index (χ2v) is 8.35. The van der Waals surface area contributed by atoms with Gasteiger partial charge >= 0.3 is 0 Å². The molecule has 2 aromatic carbocycles. The number of hydrogen-bond donors (Lipinski definition) is 1. The molecule has 0 spiro atoms. The van der Waals surface area contributed by atoms with E-state index in [-0.39, 0.29) is 11.7 Å². The maximum Gasteiger partial charge on any atom is 0.267 e. The summed E-state index contributed by atoms with van der Waals surface area (Å²) in [6, 6.07) is 15.2. The third-order valence-electron chi connectivity index (χ3n) is 5.23. The lowest BCUT2D eigenvalue weighted by Gasteiger charge is -2.15. The summed E-state index contributed by atoms with van der Waals surface area (Å²) in [5.74, 6) is -0.749. The normalized spacial score (nSPS) is 12.1. The molecular weight excluding hydrogens is 441 g/mol. The third kappa shape index (κ3) is 4.18. The molecular formula is C24H18FN5O2S. The van der Waals surface area contributed by atoms with Crippen molar-refractivity contribution in [3.63, 3.8) is 0 Å². The molecule has 33 heavy (non-hydrogen) atoms. The second kappa shape index (κ2) is 8.44. The molecule has 3 aromatic heterocycles. The molecule has 0 aliphatic heterocycles. The van der Waals surface area contributed by atoms with E-state index in [1.54, 1.807) is 42.5 Å².